The third kappa shape index (κ3) is 3.48. The first kappa shape index (κ1) is 12.9. The van der Waals surface area contributed by atoms with Crippen LogP contribution in [0.25, 0.3) is 0 Å². The zero-order valence-corrected chi connectivity index (χ0v) is 10.9. The number of hydrogen-bond acceptors (Lipinski definition) is 3. The molecule has 0 radical (unpaired) electrons. The number of nitrogens with one attached hydrogen (secondary N) is 2. The zero-order valence-electron chi connectivity index (χ0n) is 10.9. The van der Waals surface area contributed by atoms with Gasteiger partial charge in [0.1, 0.15) is 5.75 Å². The molecule has 0 atom stereocenters. The van der Waals surface area contributed by atoms with Crippen molar-refractivity contribution in [3.8, 4) is 5.75 Å². The smallest absolute Gasteiger partial charge is 0.323 e. The topological polar surface area (TPSA) is 68.2 Å². The third-order valence-corrected chi connectivity index (χ3v) is 2.56. The molecule has 6 nitrogen and oxygen atoms in total. The second kappa shape index (κ2) is 5.90. The number of benzene rings is 1. The van der Waals surface area contributed by atoms with Crippen molar-refractivity contribution in [3.63, 3.8) is 0 Å². The van der Waals surface area contributed by atoms with Crippen LogP contribution in [-0.4, -0.2) is 22.9 Å². The molecule has 0 unspecified atom stereocenters. The number of methoxy groups -OCH3 is 1. The average Bonchev–Trinajstić information content (AvgIpc) is 2.87. The maximum atomic E-state index is 11.7. The fourth-order valence-electron chi connectivity index (χ4n) is 1.57. The van der Waals surface area contributed by atoms with Crippen LogP contribution in [0.3, 0.4) is 0 Å². The second-order valence-corrected chi connectivity index (χ2v) is 3.89. The number of aromatic nitrogens is 2. The maximum Gasteiger partial charge on any atom is 0.323 e. The molecule has 0 spiro atoms. The molecule has 1 aromatic heterocycles. The minimum Gasteiger partial charge on any atom is -0.497 e. The molecule has 2 rings (SSSR count). The minimum atomic E-state index is -0.305. The van der Waals surface area contributed by atoms with Crippen molar-refractivity contribution in [2.24, 2.45) is 0 Å². The summed E-state index contributed by atoms with van der Waals surface area (Å²) in [6.07, 6.45) is 3.38. The molecule has 1 aromatic carbocycles. The van der Waals surface area contributed by atoms with Gasteiger partial charge in [0, 0.05) is 18.4 Å². The van der Waals surface area contributed by atoms with E-state index in [-0.39, 0.29) is 6.03 Å². The molecule has 2 amide bonds. The van der Waals surface area contributed by atoms with Gasteiger partial charge in [-0.25, -0.2) is 4.79 Å². The number of ether oxygens (including phenoxy) is 1. The van der Waals surface area contributed by atoms with E-state index in [1.54, 1.807) is 48.5 Å². The Bertz CT molecular complexity index is 548. The molecule has 1 heterocycles. The number of aryl methyl sites for hydroxylation is 1. The van der Waals surface area contributed by atoms with Gasteiger partial charge in [-0.05, 0) is 31.2 Å². The van der Waals surface area contributed by atoms with Gasteiger partial charge in [0.25, 0.3) is 0 Å². The molecular formula is C13H16N4O2. The zero-order chi connectivity index (χ0) is 13.7. The van der Waals surface area contributed by atoms with Gasteiger partial charge in [-0.1, -0.05) is 0 Å². The van der Waals surface area contributed by atoms with E-state index in [0.717, 1.165) is 12.3 Å². The Kier molecular flexibility index (Phi) is 4.02. The van der Waals surface area contributed by atoms with Crippen molar-refractivity contribution in [1.29, 1.82) is 0 Å². The summed E-state index contributed by atoms with van der Waals surface area (Å²) in [5.41, 5.74) is 1.36. The van der Waals surface area contributed by atoms with Crippen molar-refractivity contribution >= 4 is 17.4 Å². The molecule has 0 fully saturated rings. The minimum absolute atomic E-state index is 0.305. The first-order valence-corrected chi connectivity index (χ1v) is 5.95. The molecule has 0 saturated carbocycles. The van der Waals surface area contributed by atoms with E-state index < -0.39 is 0 Å². The number of carbonyl (C=O) groups is 1. The van der Waals surface area contributed by atoms with Crippen molar-refractivity contribution in [1.82, 2.24) is 9.78 Å². The Morgan fingerprint density at radius 3 is 2.53 bits per heavy atom. The third-order valence-electron chi connectivity index (χ3n) is 2.56. The predicted molar refractivity (Wildman–Crippen MR) is 73.5 cm³/mol. The summed E-state index contributed by atoms with van der Waals surface area (Å²) in [4.78, 5) is 11.7. The van der Waals surface area contributed by atoms with Crippen LogP contribution in [0.1, 0.15) is 6.92 Å². The lowest BCUT2D eigenvalue weighted by atomic mass is 10.3. The van der Waals surface area contributed by atoms with Crippen molar-refractivity contribution in [2.45, 2.75) is 13.5 Å². The summed E-state index contributed by atoms with van der Waals surface area (Å²) in [6.45, 7) is 2.75. The van der Waals surface area contributed by atoms with Crippen molar-refractivity contribution in [2.75, 3.05) is 17.7 Å². The lowest BCUT2D eigenvalue weighted by molar-refractivity contribution is 0.262. The van der Waals surface area contributed by atoms with Crippen LogP contribution in [0.15, 0.2) is 36.7 Å². The molecule has 6 heteroatoms. The molecule has 2 N–H and O–H groups in total. The normalized spacial score (nSPS) is 10.0. The van der Waals surface area contributed by atoms with Gasteiger partial charge < -0.3 is 15.4 Å². The molecule has 19 heavy (non-hydrogen) atoms. The molecule has 2 aromatic rings. The molecule has 100 valence electrons. The second-order valence-electron chi connectivity index (χ2n) is 3.89. The fourth-order valence-corrected chi connectivity index (χ4v) is 1.57. The lowest BCUT2D eigenvalue weighted by Crippen LogP contribution is -2.19. The quantitative estimate of drug-likeness (QED) is 0.887. The Morgan fingerprint density at radius 1 is 1.26 bits per heavy atom. The largest absolute Gasteiger partial charge is 0.497 e. The van der Waals surface area contributed by atoms with Gasteiger partial charge in [0.15, 0.2) is 0 Å². The number of rotatable bonds is 4. The Hall–Kier alpha value is -2.50. The van der Waals surface area contributed by atoms with E-state index in [4.69, 9.17) is 4.74 Å². The summed E-state index contributed by atoms with van der Waals surface area (Å²) < 4.78 is 6.78. The molecule has 0 aliphatic rings. The van der Waals surface area contributed by atoms with E-state index in [1.807, 2.05) is 6.92 Å². The van der Waals surface area contributed by atoms with Gasteiger partial charge in [-0.3, -0.25) is 4.68 Å². The first-order valence-electron chi connectivity index (χ1n) is 5.95. The Morgan fingerprint density at radius 2 is 1.95 bits per heavy atom. The summed E-state index contributed by atoms with van der Waals surface area (Å²) >= 11 is 0. The van der Waals surface area contributed by atoms with E-state index in [0.29, 0.717) is 11.4 Å². The number of hydrogen-bond donors (Lipinski definition) is 2. The van der Waals surface area contributed by atoms with Gasteiger partial charge >= 0.3 is 6.03 Å². The predicted octanol–water partition coefficient (Wildman–Crippen LogP) is 2.56. The number of nitrogens with zero attached hydrogens (tertiary/aromatic N) is 2. The Balaban J connectivity index is 1.93. The van der Waals surface area contributed by atoms with E-state index in [2.05, 4.69) is 15.7 Å². The Labute approximate surface area is 111 Å². The number of urea groups is 1. The van der Waals surface area contributed by atoms with Gasteiger partial charge in [-0.2, -0.15) is 5.10 Å². The van der Waals surface area contributed by atoms with Crippen LogP contribution in [0, 0.1) is 0 Å². The fraction of sp³-hybridized carbons (Fsp3) is 0.231. The van der Waals surface area contributed by atoms with Crippen LogP contribution in [-0.2, 0) is 6.54 Å². The summed E-state index contributed by atoms with van der Waals surface area (Å²) in [6, 6.07) is 6.80. The highest BCUT2D eigenvalue weighted by Crippen LogP contribution is 2.15. The van der Waals surface area contributed by atoms with E-state index in [9.17, 15) is 4.79 Å². The van der Waals surface area contributed by atoms with E-state index in [1.165, 1.54) is 0 Å². The summed E-state index contributed by atoms with van der Waals surface area (Å²) in [7, 11) is 1.60. The highest BCUT2D eigenvalue weighted by Gasteiger charge is 2.04. The standard InChI is InChI=1S/C13H16N4O2/c1-3-17-9-11(8-14-17)16-13(18)15-10-4-6-12(19-2)7-5-10/h4-9H,3H2,1-2H3,(H2,15,16,18). The van der Waals surface area contributed by atoms with Crippen LogP contribution in [0.2, 0.25) is 0 Å². The highest BCUT2D eigenvalue weighted by molar-refractivity contribution is 5.99. The van der Waals surface area contributed by atoms with Gasteiger partial charge in [-0.15, -0.1) is 0 Å². The summed E-state index contributed by atoms with van der Waals surface area (Å²) in [5, 5.41) is 9.51. The van der Waals surface area contributed by atoms with Crippen LogP contribution < -0.4 is 15.4 Å². The molecular weight excluding hydrogens is 244 g/mol. The molecule has 0 bridgehead atoms. The molecule has 0 aliphatic heterocycles. The van der Waals surface area contributed by atoms with Crippen LogP contribution in [0.4, 0.5) is 16.2 Å². The average molecular weight is 260 g/mol. The lowest BCUT2D eigenvalue weighted by Gasteiger charge is -2.06. The van der Waals surface area contributed by atoms with Crippen molar-refractivity contribution < 1.29 is 9.53 Å². The molecule has 0 saturated heterocycles. The number of anilines is 2. The van der Waals surface area contributed by atoms with Gasteiger partial charge in [0.2, 0.25) is 0 Å². The summed E-state index contributed by atoms with van der Waals surface area (Å²) in [5.74, 6) is 0.746. The highest BCUT2D eigenvalue weighted by atomic mass is 16.5. The first-order chi connectivity index (χ1) is 9.21. The van der Waals surface area contributed by atoms with Gasteiger partial charge in [0.05, 0.1) is 19.0 Å². The number of carbonyl (C=O) groups excluding carboxylic acids is 1. The van der Waals surface area contributed by atoms with Crippen molar-refractivity contribution in [3.05, 3.63) is 36.7 Å². The number of amides is 2. The van der Waals surface area contributed by atoms with Crippen LogP contribution in [0.5, 0.6) is 5.75 Å². The SMILES string of the molecule is CCn1cc(NC(=O)Nc2ccc(OC)cc2)cn1. The maximum absolute atomic E-state index is 11.7. The van der Waals surface area contributed by atoms with E-state index >= 15 is 0 Å². The monoisotopic (exact) mass is 260 g/mol. The molecule has 0 aliphatic carbocycles. The van der Waals surface area contributed by atoms with Crippen LogP contribution >= 0.6 is 0 Å².